The van der Waals surface area contributed by atoms with Crippen LogP contribution in [0.15, 0.2) is 18.2 Å². The van der Waals surface area contributed by atoms with Gasteiger partial charge in [-0.1, -0.05) is 18.2 Å². The van der Waals surface area contributed by atoms with Gasteiger partial charge in [-0.25, -0.2) is 0 Å². The molecule has 106 valence electrons. The van der Waals surface area contributed by atoms with Crippen LogP contribution in [-0.4, -0.2) is 29.9 Å². The quantitative estimate of drug-likeness (QED) is 0.855. The van der Waals surface area contributed by atoms with Crippen molar-refractivity contribution in [3.63, 3.8) is 0 Å². The fourth-order valence-electron chi connectivity index (χ4n) is 2.16. The molecule has 1 N–H and O–H groups in total. The molecule has 19 heavy (non-hydrogen) atoms. The Bertz CT molecular complexity index is 425. The molecule has 0 saturated carbocycles. The minimum absolute atomic E-state index is 0.139. The van der Waals surface area contributed by atoms with Crippen molar-refractivity contribution in [2.75, 3.05) is 13.1 Å². The van der Waals surface area contributed by atoms with Crippen molar-refractivity contribution < 1.29 is 4.79 Å². The van der Waals surface area contributed by atoms with Gasteiger partial charge in [0.05, 0.1) is 6.04 Å². The zero-order valence-corrected chi connectivity index (χ0v) is 12.8. The highest BCUT2D eigenvalue weighted by Crippen LogP contribution is 2.12. The van der Waals surface area contributed by atoms with E-state index < -0.39 is 0 Å². The summed E-state index contributed by atoms with van der Waals surface area (Å²) in [5.41, 5.74) is 3.86. The first kappa shape index (κ1) is 15.7. The molecule has 0 heterocycles. The summed E-state index contributed by atoms with van der Waals surface area (Å²) in [6.07, 6.45) is 0. The lowest BCUT2D eigenvalue weighted by molar-refractivity contribution is -0.132. The number of carbonyl (C=O) groups excluding carboxylic acids is 1. The lowest BCUT2D eigenvalue weighted by atomic mass is 10.0. The van der Waals surface area contributed by atoms with Gasteiger partial charge in [0.15, 0.2) is 0 Å². The second-order valence-electron chi connectivity index (χ2n) is 4.97. The summed E-state index contributed by atoms with van der Waals surface area (Å²) in [5.74, 6) is 0.176. The number of nitrogens with zero attached hydrogens (tertiary/aromatic N) is 1. The fraction of sp³-hybridized carbons (Fsp3) is 0.562. The number of hydrogen-bond donors (Lipinski definition) is 1. The van der Waals surface area contributed by atoms with Crippen LogP contribution in [0.4, 0.5) is 0 Å². The number of rotatable bonds is 6. The summed E-state index contributed by atoms with van der Waals surface area (Å²) < 4.78 is 0. The summed E-state index contributed by atoms with van der Waals surface area (Å²) in [6.45, 7) is 12.5. The summed E-state index contributed by atoms with van der Waals surface area (Å²) >= 11 is 0. The van der Waals surface area contributed by atoms with E-state index >= 15 is 0 Å². The van der Waals surface area contributed by atoms with Crippen molar-refractivity contribution >= 4 is 5.91 Å². The lowest BCUT2D eigenvalue weighted by Crippen LogP contribution is -2.44. The Morgan fingerprint density at radius 2 is 1.89 bits per heavy atom. The van der Waals surface area contributed by atoms with Gasteiger partial charge >= 0.3 is 0 Å². The van der Waals surface area contributed by atoms with Crippen molar-refractivity contribution in [3.05, 3.63) is 34.9 Å². The van der Waals surface area contributed by atoms with Crippen LogP contribution in [0.25, 0.3) is 0 Å². The molecule has 1 aromatic rings. The maximum absolute atomic E-state index is 12.1. The van der Waals surface area contributed by atoms with Crippen LogP contribution in [-0.2, 0) is 11.3 Å². The average Bonchev–Trinajstić information content (AvgIpc) is 2.41. The van der Waals surface area contributed by atoms with E-state index in [1.54, 1.807) is 0 Å². The minimum Gasteiger partial charge on any atom is -0.342 e. The molecule has 1 aromatic carbocycles. The SMILES string of the molecule is CCN(CC)C(=O)C(C)NCc1cccc(C)c1C. The van der Waals surface area contributed by atoms with Crippen LogP contribution in [0.5, 0.6) is 0 Å². The van der Waals surface area contributed by atoms with Crippen LogP contribution in [0, 0.1) is 13.8 Å². The third kappa shape index (κ3) is 4.06. The highest BCUT2D eigenvalue weighted by Gasteiger charge is 2.17. The molecule has 3 heteroatoms. The van der Waals surface area contributed by atoms with E-state index in [-0.39, 0.29) is 11.9 Å². The summed E-state index contributed by atoms with van der Waals surface area (Å²) in [7, 11) is 0. The molecule has 0 aromatic heterocycles. The van der Waals surface area contributed by atoms with E-state index in [2.05, 4.69) is 37.4 Å². The highest BCUT2D eigenvalue weighted by molar-refractivity contribution is 5.81. The maximum Gasteiger partial charge on any atom is 0.239 e. The number of aryl methyl sites for hydroxylation is 1. The Balaban J connectivity index is 2.61. The topological polar surface area (TPSA) is 32.3 Å². The van der Waals surface area contributed by atoms with Crippen LogP contribution in [0.1, 0.15) is 37.5 Å². The van der Waals surface area contributed by atoms with Crippen molar-refractivity contribution in [1.82, 2.24) is 10.2 Å². The van der Waals surface area contributed by atoms with Gasteiger partial charge in [-0.3, -0.25) is 4.79 Å². The minimum atomic E-state index is -0.139. The molecule has 0 radical (unpaired) electrons. The first-order chi connectivity index (χ1) is 9.01. The van der Waals surface area contributed by atoms with E-state index in [4.69, 9.17) is 0 Å². The predicted octanol–water partition coefficient (Wildman–Crippen LogP) is 2.65. The van der Waals surface area contributed by atoms with Gasteiger partial charge in [0.2, 0.25) is 5.91 Å². The predicted molar refractivity (Wildman–Crippen MR) is 80.1 cm³/mol. The highest BCUT2D eigenvalue weighted by atomic mass is 16.2. The van der Waals surface area contributed by atoms with E-state index in [1.165, 1.54) is 16.7 Å². The zero-order valence-electron chi connectivity index (χ0n) is 12.8. The van der Waals surface area contributed by atoms with Crippen molar-refractivity contribution in [3.8, 4) is 0 Å². The number of carbonyl (C=O) groups is 1. The molecule has 1 amide bonds. The van der Waals surface area contributed by atoms with Crippen molar-refractivity contribution in [2.24, 2.45) is 0 Å². The van der Waals surface area contributed by atoms with Crippen molar-refractivity contribution in [2.45, 2.75) is 47.2 Å². The van der Waals surface area contributed by atoms with Crippen LogP contribution in [0.3, 0.4) is 0 Å². The summed E-state index contributed by atoms with van der Waals surface area (Å²) in [6, 6.07) is 6.16. The van der Waals surface area contributed by atoms with E-state index in [9.17, 15) is 4.79 Å². The third-order valence-electron chi connectivity index (χ3n) is 3.76. The number of amides is 1. The zero-order chi connectivity index (χ0) is 14.4. The molecule has 0 fully saturated rings. The van der Waals surface area contributed by atoms with Gasteiger partial charge in [0.1, 0.15) is 0 Å². The van der Waals surface area contributed by atoms with Gasteiger partial charge in [-0.05, 0) is 51.3 Å². The molecule has 0 aliphatic rings. The smallest absolute Gasteiger partial charge is 0.239 e. The first-order valence-corrected chi connectivity index (χ1v) is 7.08. The Morgan fingerprint density at radius 3 is 2.47 bits per heavy atom. The van der Waals surface area contributed by atoms with Gasteiger partial charge < -0.3 is 10.2 Å². The Hall–Kier alpha value is -1.35. The molecule has 3 nitrogen and oxygen atoms in total. The second-order valence-corrected chi connectivity index (χ2v) is 4.97. The summed E-state index contributed by atoms with van der Waals surface area (Å²) in [5, 5.41) is 3.32. The number of benzene rings is 1. The molecule has 0 saturated heterocycles. The van der Waals surface area contributed by atoms with Crippen LogP contribution >= 0.6 is 0 Å². The fourth-order valence-corrected chi connectivity index (χ4v) is 2.16. The Kier molecular flexibility index (Phi) is 6.03. The van der Waals surface area contributed by atoms with Gasteiger partial charge in [-0.2, -0.15) is 0 Å². The molecular weight excluding hydrogens is 236 g/mol. The van der Waals surface area contributed by atoms with Crippen molar-refractivity contribution in [1.29, 1.82) is 0 Å². The Morgan fingerprint density at radius 1 is 1.26 bits per heavy atom. The molecule has 1 unspecified atom stereocenters. The third-order valence-corrected chi connectivity index (χ3v) is 3.76. The number of nitrogens with one attached hydrogen (secondary N) is 1. The molecule has 0 aliphatic carbocycles. The maximum atomic E-state index is 12.1. The van der Waals surface area contributed by atoms with E-state index in [1.807, 2.05) is 25.7 Å². The normalized spacial score (nSPS) is 12.3. The van der Waals surface area contributed by atoms with Crippen LogP contribution < -0.4 is 5.32 Å². The monoisotopic (exact) mass is 262 g/mol. The van der Waals surface area contributed by atoms with Crippen LogP contribution in [0.2, 0.25) is 0 Å². The standard InChI is InChI=1S/C16H26N2O/c1-6-18(7-2)16(19)14(5)17-11-15-10-8-9-12(3)13(15)4/h8-10,14,17H,6-7,11H2,1-5H3. The molecular formula is C16H26N2O. The van der Waals surface area contributed by atoms with Gasteiger partial charge in [0.25, 0.3) is 0 Å². The summed E-state index contributed by atoms with van der Waals surface area (Å²) in [4.78, 5) is 14.0. The average molecular weight is 262 g/mol. The number of likely N-dealkylation sites (N-methyl/N-ethyl adjacent to an activating group) is 1. The Labute approximate surface area is 117 Å². The van der Waals surface area contributed by atoms with Gasteiger partial charge in [-0.15, -0.1) is 0 Å². The molecule has 0 spiro atoms. The van der Waals surface area contributed by atoms with E-state index in [0.717, 1.165) is 19.6 Å². The number of hydrogen-bond acceptors (Lipinski definition) is 2. The molecule has 0 aliphatic heterocycles. The molecule has 0 bridgehead atoms. The molecule has 1 rings (SSSR count). The molecule has 1 atom stereocenters. The lowest BCUT2D eigenvalue weighted by Gasteiger charge is -2.23. The largest absolute Gasteiger partial charge is 0.342 e. The van der Waals surface area contributed by atoms with Gasteiger partial charge in [0, 0.05) is 19.6 Å². The second kappa shape index (κ2) is 7.29. The van der Waals surface area contributed by atoms with E-state index in [0.29, 0.717) is 0 Å². The first-order valence-electron chi connectivity index (χ1n) is 7.08.